The summed E-state index contributed by atoms with van der Waals surface area (Å²) in [7, 11) is -2.04. The first-order valence-electron chi connectivity index (χ1n) is 11.5. The molecule has 2 aliphatic carbocycles. The van der Waals surface area contributed by atoms with Crippen LogP contribution in [0.3, 0.4) is 0 Å². The van der Waals surface area contributed by atoms with Crippen LogP contribution < -0.4 is 20.8 Å². The Hall–Kier alpha value is -2.40. The number of benzene rings is 1. The van der Waals surface area contributed by atoms with Gasteiger partial charge in [-0.3, -0.25) is 4.98 Å². The lowest BCUT2D eigenvalue weighted by atomic mass is 10.0. The number of rotatable bonds is 13. The van der Waals surface area contributed by atoms with E-state index in [2.05, 4.69) is 9.71 Å². The van der Waals surface area contributed by atoms with Crippen molar-refractivity contribution < 1.29 is 17.5 Å². The van der Waals surface area contributed by atoms with Crippen LogP contribution in [0.1, 0.15) is 56.6 Å². The second kappa shape index (κ2) is 9.84. The number of aromatic nitrogens is 3. The van der Waals surface area contributed by atoms with Gasteiger partial charge in [0, 0.05) is 19.6 Å². The highest BCUT2D eigenvalue weighted by atomic mass is 32.2. The summed E-state index contributed by atoms with van der Waals surface area (Å²) in [6, 6.07) is 4.20. The summed E-state index contributed by atoms with van der Waals surface area (Å²) in [5.74, 6) is 0.396. The van der Waals surface area contributed by atoms with Crippen LogP contribution >= 0.6 is 0 Å². The Morgan fingerprint density at radius 3 is 2.55 bits per heavy atom. The average molecular weight is 483 g/mol. The summed E-state index contributed by atoms with van der Waals surface area (Å²) < 4.78 is 50.6. The van der Waals surface area contributed by atoms with Crippen molar-refractivity contribution in [1.82, 2.24) is 19.1 Å². The zero-order valence-electron chi connectivity index (χ0n) is 18.8. The zero-order valence-corrected chi connectivity index (χ0v) is 19.6. The third-order valence-electron chi connectivity index (χ3n) is 6.27. The highest BCUT2D eigenvalue weighted by Crippen LogP contribution is 2.42. The van der Waals surface area contributed by atoms with Crippen molar-refractivity contribution in [2.75, 3.05) is 12.4 Å². The molecular formula is C22H31FN4O5S. The minimum atomic E-state index is -3.54. The SMILES string of the molecule is Cn1c(=O)[nH]c(=O)n1CCCCCS(=O)(=O)NC(c1ccc(F)c(OCC2CC2)c1)C1CC1. The fourth-order valence-corrected chi connectivity index (χ4v) is 5.32. The van der Waals surface area contributed by atoms with Gasteiger partial charge in [0.25, 0.3) is 0 Å². The summed E-state index contributed by atoms with van der Waals surface area (Å²) in [6.45, 7) is 0.828. The lowest BCUT2D eigenvalue weighted by molar-refractivity contribution is 0.284. The number of ether oxygens (including phenoxy) is 1. The van der Waals surface area contributed by atoms with Gasteiger partial charge in [-0.2, -0.15) is 0 Å². The van der Waals surface area contributed by atoms with E-state index in [9.17, 15) is 22.4 Å². The first kappa shape index (κ1) is 23.7. The Morgan fingerprint density at radius 1 is 1.15 bits per heavy atom. The fraction of sp³-hybridized carbons (Fsp3) is 0.636. The smallest absolute Gasteiger partial charge is 0.344 e. The largest absolute Gasteiger partial charge is 0.490 e. The Bertz CT molecular complexity index is 1190. The molecule has 0 bridgehead atoms. The summed E-state index contributed by atoms with van der Waals surface area (Å²) >= 11 is 0. The van der Waals surface area contributed by atoms with Gasteiger partial charge in [-0.15, -0.1) is 0 Å². The number of unbranched alkanes of at least 4 members (excludes halogenated alkanes) is 2. The van der Waals surface area contributed by atoms with Gasteiger partial charge in [-0.1, -0.05) is 12.5 Å². The normalized spacial score (nSPS) is 17.3. The number of sulfonamides is 1. The van der Waals surface area contributed by atoms with Gasteiger partial charge in [0.15, 0.2) is 11.6 Å². The number of hydrogen-bond acceptors (Lipinski definition) is 5. The third kappa shape index (κ3) is 6.35. The van der Waals surface area contributed by atoms with Crippen LogP contribution in [-0.4, -0.2) is 35.1 Å². The van der Waals surface area contributed by atoms with Crippen molar-refractivity contribution in [3.8, 4) is 5.75 Å². The summed E-state index contributed by atoms with van der Waals surface area (Å²) in [5.41, 5.74) is -0.218. The molecule has 33 heavy (non-hydrogen) atoms. The first-order valence-corrected chi connectivity index (χ1v) is 13.2. The lowest BCUT2D eigenvalue weighted by Gasteiger charge is -2.20. The minimum Gasteiger partial charge on any atom is -0.490 e. The molecule has 4 rings (SSSR count). The molecule has 9 nitrogen and oxygen atoms in total. The van der Waals surface area contributed by atoms with Crippen LogP contribution in [0.25, 0.3) is 0 Å². The molecule has 2 fully saturated rings. The highest BCUT2D eigenvalue weighted by Gasteiger charge is 2.35. The molecule has 2 aliphatic rings. The van der Waals surface area contributed by atoms with E-state index in [1.165, 1.54) is 22.5 Å². The van der Waals surface area contributed by atoms with E-state index < -0.39 is 33.3 Å². The maximum atomic E-state index is 14.2. The van der Waals surface area contributed by atoms with Crippen molar-refractivity contribution in [1.29, 1.82) is 0 Å². The molecule has 2 aromatic rings. The fourth-order valence-electron chi connectivity index (χ4n) is 3.90. The van der Waals surface area contributed by atoms with E-state index in [0.29, 0.717) is 38.3 Å². The summed E-state index contributed by atoms with van der Waals surface area (Å²) in [5, 5.41) is 0. The second-order valence-corrected chi connectivity index (χ2v) is 11.0. The van der Waals surface area contributed by atoms with E-state index in [1.807, 2.05) is 0 Å². The molecule has 11 heteroatoms. The van der Waals surface area contributed by atoms with Crippen LogP contribution in [0.2, 0.25) is 0 Å². The molecule has 1 heterocycles. The summed E-state index contributed by atoms with van der Waals surface area (Å²) in [4.78, 5) is 25.3. The molecule has 2 saturated carbocycles. The number of hydrogen-bond donors (Lipinski definition) is 2. The van der Waals surface area contributed by atoms with Crippen LogP contribution in [0.15, 0.2) is 27.8 Å². The van der Waals surface area contributed by atoms with Gasteiger partial charge in [-0.25, -0.2) is 36.5 Å². The van der Waals surface area contributed by atoms with Crippen molar-refractivity contribution in [2.24, 2.45) is 18.9 Å². The maximum Gasteiger partial charge on any atom is 0.344 e. The van der Waals surface area contributed by atoms with E-state index in [1.54, 1.807) is 12.1 Å². The highest BCUT2D eigenvalue weighted by molar-refractivity contribution is 7.89. The Morgan fingerprint density at radius 2 is 1.91 bits per heavy atom. The maximum absolute atomic E-state index is 14.2. The first-order chi connectivity index (χ1) is 15.7. The predicted molar refractivity (Wildman–Crippen MR) is 121 cm³/mol. The molecular weight excluding hydrogens is 451 g/mol. The standard InChI is InChI=1S/C22H31FN4O5S/c1-26-21(28)24-22(29)27(26)11-3-2-4-12-33(30,31)25-20(16-7-8-16)17-9-10-18(23)19(13-17)32-14-15-5-6-15/h9-10,13,15-16,20,25H,2-8,11-12,14H2,1H3,(H,24,28,29). The third-order valence-corrected chi connectivity index (χ3v) is 7.71. The van der Waals surface area contributed by atoms with Crippen LogP contribution in [0.5, 0.6) is 5.75 Å². The minimum absolute atomic E-state index is 0.0383. The van der Waals surface area contributed by atoms with Crippen molar-refractivity contribution in [3.63, 3.8) is 0 Å². The number of halogens is 1. The second-order valence-electron chi connectivity index (χ2n) is 9.14. The predicted octanol–water partition coefficient (Wildman–Crippen LogP) is 2.04. The van der Waals surface area contributed by atoms with Crippen molar-refractivity contribution in [3.05, 3.63) is 50.5 Å². The molecule has 0 amide bonds. The van der Waals surface area contributed by atoms with Gasteiger partial charge in [0.2, 0.25) is 10.0 Å². The molecule has 1 aromatic carbocycles. The van der Waals surface area contributed by atoms with Gasteiger partial charge < -0.3 is 4.74 Å². The number of nitrogens with one attached hydrogen (secondary N) is 2. The Kier molecular flexibility index (Phi) is 7.08. The zero-order chi connectivity index (χ0) is 23.6. The Balaban J connectivity index is 1.31. The molecule has 1 atom stereocenters. The monoisotopic (exact) mass is 482 g/mol. The summed E-state index contributed by atoms with van der Waals surface area (Å²) in [6.07, 6.45) is 5.65. The van der Waals surface area contributed by atoms with E-state index >= 15 is 0 Å². The number of H-pyrrole nitrogens is 1. The molecule has 1 aromatic heterocycles. The van der Waals surface area contributed by atoms with E-state index in [0.717, 1.165) is 31.2 Å². The Labute approximate surface area is 192 Å². The van der Waals surface area contributed by atoms with Crippen LogP contribution in [-0.2, 0) is 23.6 Å². The van der Waals surface area contributed by atoms with Crippen LogP contribution in [0.4, 0.5) is 4.39 Å². The molecule has 0 radical (unpaired) electrons. The van der Waals surface area contributed by atoms with Crippen molar-refractivity contribution >= 4 is 10.0 Å². The van der Waals surface area contributed by atoms with Gasteiger partial charge >= 0.3 is 11.4 Å². The van der Waals surface area contributed by atoms with Gasteiger partial charge in [-0.05, 0) is 68.1 Å². The van der Waals surface area contributed by atoms with E-state index in [-0.39, 0.29) is 17.4 Å². The molecule has 0 spiro atoms. The molecule has 0 aliphatic heterocycles. The quantitative estimate of drug-likeness (QED) is 0.424. The average Bonchev–Trinajstić information content (AvgIpc) is 3.67. The van der Waals surface area contributed by atoms with Gasteiger partial charge in [0.1, 0.15) is 0 Å². The lowest BCUT2D eigenvalue weighted by Crippen LogP contribution is -2.32. The number of nitrogens with zero attached hydrogens (tertiary/aromatic N) is 2. The van der Waals surface area contributed by atoms with E-state index in [4.69, 9.17) is 4.74 Å². The number of aromatic amines is 1. The molecule has 0 saturated heterocycles. The molecule has 182 valence electrons. The van der Waals surface area contributed by atoms with Crippen LogP contribution in [0, 0.1) is 17.7 Å². The van der Waals surface area contributed by atoms with Gasteiger partial charge in [0.05, 0.1) is 12.4 Å². The van der Waals surface area contributed by atoms with Crippen molar-refractivity contribution in [2.45, 2.75) is 57.5 Å². The molecule has 1 unspecified atom stereocenters. The molecule has 2 N–H and O–H groups in total. The topological polar surface area (TPSA) is 115 Å².